The molecule has 1 aromatic rings. The van der Waals surface area contributed by atoms with E-state index >= 15 is 0 Å². The number of hydrogen-bond acceptors (Lipinski definition) is 5. The molecule has 0 bridgehead atoms. The van der Waals surface area contributed by atoms with Crippen molar-refractivity contribution in [2.24, 2.45) is 0 Å². The van der Waals surface area contributed by atoms with Crippen LogP contribution in [0.25, 0.3) is 0 Å². The Bertz CT molecular complexity index is 558. The predicted molar refractivity (Wildman–Crippen MR) is 75.0 cm³/mol. The van der Waals surface area contributed by atoms with Crippen LogP contribution in [0.15, 0.2) is 30.3 Å². The number of hydrogen-bond donors (Lipinski definition) is 1. The molecule has 0 fully saturated rings. The molecule has 0 heterocycles. The van der Waals surface area contributed by atoms with E-state index in [4.69, 9.17) is 39.5 Å². The van der Waals surface area contributed by atoms with Crippen molar-refractivity contribution >= 4 is 51.0 Å². The van der Waals surface area contributed by atoms with Gasteiger partial charge in [0.2, 0.25) is 3.79 Å². The lowest BCUT2D eigenvalue weighted by molar-refractivity contribution is 0.0673. The minimum absolute atomic E-state index is 0.419. The predicted octanol–water partition coefficient (Wildman–Crippen LogP) is 2.72. The van der Waals surface area contributed by atoms with Gasteiger partial charge < -0.3 is 4.74 Å². The van der Waals surface area contributed by atoms with E-state index in [-0.39, 0.29) is 0 Å². The SMILES string of the molecule is CS(=O)(=O)ONC(=O)O[C@H](c1ccccc1)C(Cl)(Cl)Cl. The lowest BCUT2D eigenvalue weighted by Gasteiger charge is -2.24. The van der Waals surface area contributed by atoms with Gasteiger partial charge in [-0.2, -0.15) is 13.9 Å². The molecule has 0 saturated heterocycles. The van der Waals surface area contributed by atoms with Crippen LogP contribution in [0.5, 0.6) is 0 Å². The Labute approximate surface area is 131 Å². The molecule has 0 unspecified atom stereocenters. The number of ether oxygens (including phenoxy) is 1. The van der Waals surface area contributed by atoms with Crippen LogP contribution in [-0.4, -0.2) is 24.6 Å². The van der Waals surface area contributed by atoms with E-state index < -0.39 is 26.1 Å². The number of rotatable bonds is 4. The molecular formula is C10H10Cl3NO5S. The summed E-state index contributed by atoms with van der Waals surface area (Å²) in [6, 6.07) is 8.21. The molecule has 10 heteroatoms. The molecule has 1 atom stereocenters. The van der Waals surface area contributed by atoms with Gasteiger partial charge in [-0.25, -0.2) is 4.79 Å². The van der Waals surface area contributed by atoms with Gasteiger partial charge >= 0.3 is 6.09 Å². The maximum absolute atomic E-state index is 11.4. The summed E-state index contributed by atoms with van der Waals surface area (Å²) in [6.07, 6.45) is -1.70. The summed E-state index contributed by atoms with van der Waals surface area (Å²) in [5, 5.41) is 0. The summed E-state index contributed by atoms with van der Waals surface area (Å²) in [4.78, 5) is 11.4. The Hall–Kier alpha value is -0.730. The highest BCUT2D eigenvalue weighted by Crippen LogP contribution is 2.42. The van der Waals surface area contributed by atoms with Gasteiger partial charge in [-0.15, -0.1) is 4.28 Å². The first-order valence-corrected chi connectivity index (χ1v) is 8.01. The van der Waals surface area contributed by atoms with Gasteiger partial charge in [0.15, 0.2) is 6.10 Å². The maximum atomic E-state index is 11.4. The lowest BCUT2D eigenvalue weighted by atomic mass is 10.1. The average Bonchev–Trinajstić information content (AvgIpc) is 2.32. The molecule has 1 rings (SSSR count). The maximum Gasteiger partial charge on any atom is 0.433 e. The van der Waals surface area contributed by atoms with Gasteiger partial charge in [-0.3, -0.25) is 0 Å². The van der Waals surface area contributed by atoms with Gasteiger partial charge in [0.1, 0.15) is 0 Å². The molecule has 1 aromatic carbocycles. The fourth-order valence-electron chi connectivity index (χ4n) is 1.19. The monoisotopic (exact) mass is 361 g/mol. The van der Waals surface area contributed by atoms with Gasteiger partial charge in [0, 0.05) is 0 Å². The standard InChI is InChI=1S/C10H10Cl3NO5S/c1-20(16,17)19-14-9(15)18-8(10(11,12)13)7-5-3-2-4-6-7/h2-6,8H,1H3,(H,14,15)/t8-/m1/s1. The number of amides is 1. The number of nitrogens with one attached hydrogen (secondary N) is 1. The van der Waals surface area contributed by atoms with Crippen molar-refractivity contribution in [2.75, 3.05) is 6.26 Å². The molecule has 112 valence electrons. The van der Waals surface area contributed by atoms with Crippen molar-refractivity contribution in [1.29, 1.82) is 0 Å². The lowest BCUT2D eigenvalue weighted by Crippen LogP contribution is -2.32. The highest BCUT2D eigenvalue weighted by Gasteiger charge is 2.37. The minimum atomic E-state index is -3.87. The zero-order valence-electron chi connectivity index (χ0n) is 10.0. The highest BCUT2D eigenvalue weighted by molar-refractivity contribution is 7.85. The summed E-state index contributed by atoms with van der Waals surface area (Å²) in [6.45, 7) is 0. The molecule has 0 aromatic heterocycles. The zero-order valence-corrected chi connectivity index (χ0v) is 13.1. The molecule has 0 radical (unpaired) electrons. The highest BCUT2D eigenvalue weighted by atomic mass is 35.6. The number of hydroxylamine groups is 1. The molecular weight excluding hydrogens is 353 g/mol. The molecule has 1 amide bonds. The number of halogens is 3. The van der Waals surface area contributed by atoms with Crippen molar-refractivity contribution in [3.05, 3.63) is 35.9 Å². The van der Waals surface area contributed by atoms with Gasteiger partial charge in [-0.1, -0.05) is 65.1 Å². The number of benzene rings is 1. The summed E-state index contributed by atoms with van der Waals surface area (Å²) in [5.74, 6) is 0. The molecule has 0 saturated carbocycles. The Morgan fingerprint density at radius 2 is 1.80 bits per heavy atom. The fraction of sp³-hybridized carbons (Fsp3) is 0.300. The minimum Gasteiger partial charge on any atom is -0.435 e. The van der Waals surface area contributed by atoms with Gasteiger partial charge in [-0.05, 0) is 5.56 Å². The molecule has 6 nitrogen and oxygen atoms in total. The average molecular weight is 363 g/mol. The third-order valence-corrected chi connectivity index (χ3v) is 2.88. The zero-order chi connectivity index (χ0) is 15.4. The van der Waals surface area contributed by atoms with Crippen LogP contribution in [-0.2, 0) is 19.1 Å². The van der Waals surface area contributed by atoms with E-state index in [9.17, 15) is 13.2 Å². The fourth-order valence-corrected chi connectivity index (χ4v) is 1.92. The van der Waals surface area contributed by atoms with Crippen LogP contribution in [0.1, 0.15) is 11.7 Å². The Morgan fingerprint density at radius 3 is 2.25 bits per heavy atom. The third-order valence-electron chi connectivity index (χ3n) is 1.90. The van der Waals surface area contributed by atoms with E-state index in [1.54, 1.807) is 35.8 Å². The Balaban J connectivity index is 2.80. The summed E-state index contributed by atoms with van der Waals surface area (Å²) < 4.78 is 28.4. The second kappa shape index (κ2) is 6.82. The summed E-state index contributed by atoms with van der Waals surface area (Å²) >= 11 is 17.2. The van der Waals surface area contributed by atoms with Crippen molar-refractivity contribution in [3.8, 4) is 0 Å². The number of carbonyl (C=O) groups is 1. The number of carbonyl (C=O) groups excluding carboxylic acids is 1. The van der Waals surface area contributed by atoms with Crippen molar-refractivity contribution in [1.82, 2.24) is 5.48 Å². The topological polar surface area (TPSA) is 81.7 Å². The molecule has 0 spiro atoms. The van der Waals surface area contributed by atoms with E-state index in [2.05, 4.69) is 4.28 Å². The molecule has 0 aliphatic heterocycles. The summed E-state index contributed by atoms with van der Waals surface area (Å²) in [5.41, 5.74) is 1.99. The quantitative estimate of drug-likeness (QED) is 0.658. The van der Waals surface area contributed by atoms with Gasteiger partial charge in [0.25, 0.3) is 10.1 Å². The first kappa shape index (κ1) is 17.3. The van der Waals surface area contributed by atoms with Crippen LogP contribution in [0.2, 0.25) is 0 Å². The molecule has 20 heavy (non-hydrogen) atoms. The smallest absolute Gasteiger partial charge is 0.433 e. The van der Waals surface area contributed by atoms with Crippen molar-refractivity contribution in [2.45, 2.75) is 9.90 Å². The largest absolute Gasteiger partial charge is 0.435 e. The van der Waals surface area contributed by atoms with E-state index in [0.717, 1.165) is 6.26 Å². The van der Waals surface area contributed by atoms with Crippen LogP contribution in [0.3, 0.4) is 0 Å². The van der Waals surface area contributed by atoms with E-state index in [1.807, 2.05) is 0 Å². The van der Waals surface area contributed by atoms with Gasteiger partial charge in [0.05, 0.1) is 6.26 Å². The van der Waals surface area contributed by atoms with E-state index in [0.29, 0.717) is 5.56 Å². The van der Waals surface area contributed by atoms with Crippen LogP contribution >= 0.6 is 34.8 Å². The summed E-state index contributed by atoms with van der Waals surface area (Å²) in [7, 11) is -3.87. The van der Waals surface area contributed by atoms with Crippen LogP contribution < -0.4 is 5.48 Å². The third kappa shape index (κ3) is 6.15. The normalized spacial score (nSPS) is 13.6. The van der Waals surface area contributed by atoms with Crippen molar-refractivity contribution < 1.29 is 22.2 Å². The molecule has 0 aliphatic carbocycles. The molecule has 0 aliphatic rings. The Kier molecular flexibility index (Phi) is 5.91. The van der Waals surface area contributed by atoms with E-state index in [1.165, 1.54) is 0 Å². The molecule has 1 N–H and O–H groups in total. The van der Waals surface area contributed by atoms with Crippen LogP contribution in [0, 0.1) is 0 Å². The van der Waals surface area contributed by atoms with Crippen LogP contribution in [0.4, 0.5) is 4.79 Å². The second-order valence-electron chi connectivity index (χ2n) is 3.63. The first-order valence-electron chi connectivity index (χ1n) is 5.06. The number of alkyl halides is 3. The van der Waals surface area contributed by atoms with Crippen molar-refractivity contribution in [3.63, 3.8) is 0 Å². The second-order valence-corrected chi connectivity index (χ2v) is 7.57. The first-order chi connectivity index (χ1) is 9.09. The Morgan fingerprint density at radius 1 is 1.25 bits per heavy atom.